The summed E-state index contributed by atoms with van der Waals surface area (Å²) < 4.78 is 0. The Morgan fingerprint density at radius 2 is 2.13 bits per heavy atom. The van der Waals surface area contributed by atoms with E-state index in [-0.39, 0.29) is 0 Å². The van der Waals surface area contributed by atoms with E-state index in [4.69, 9.17) is 0 Å². The second kappa shape index (κ2) is 3.73. The molecule has 5 heteroatoms. The Balaban J connectivity index is 2.05. The molecule has 1 fully saturated rings. The van der Waals surface area contributed by atoms with Gasteiger partial charge in [0.05, 0.1) is 5.39 Å². The fourth-order valence-electron chi connectivity index (χ4n) is 1.89. The number of aromatic nitrogens is 3. The average molecular weight is 220 g/mol. The van der Waals surface area contributed by atoms with Crippen LogP contribution in [0.3, 0.4) is 0 Å². The van der Waals surface area contributed by atoms with Gasteiger partial charge in [0, 0.05) is 30.8 Å². The van der Waals surface area contributed by atoms with Gasteiger partial charge in [0.2, 0.25) is 0 Å². The third kappa shape index (κ3) is 1.56. The summed E-state index contributed by atoms with van der Waals surface area (Å²) in [6.45, 7) is 2.17. The maximum absolute atomic E-state index is 4.39. The van der Waals surface area contributed by atoms with Crippen molar-refractivity contribution in [2.75, 3.05) is 29.5 Å². The van der Waals surface area contributed by atoms with E-state index in [9.17, 15) is 0 Å². The zero-order valence-corrected chi connectivity index (χ0v) is 9.13. The minimum atomic E-state index is 0.929. The van der Waals surface area contributed by atoms with Crippen LogP contribution in [0, 0.1) is 0 Å². The van der Waals surface area contributed by atoms with Crippen molar-refractivity contribution in [1.29, 1.82) is 0 Å². The highest BCUT2D eigenvalue weighted by atomic mass is 32.2. The highest BCUT2D eigenvalue weighted by molar-refractivity contribution is 7.99. The Bertz CT molecular complexity index is 461. The maximum atomic E-state index is 4.39. The van der Waals surface area contributed by atoms with Gasteiger partial charge in [-0.2, -0.15) is 11.8 Å². The van der Waals surface area contributed by atoms with E-state index < -0.39 is 0 Å². The predicted octanol–water partition coefficient (Wildman–Crippen LogP) is 1.51. The van der Waals surface area contributed by atoms with Gasteiger partial charge in [-0.05, 0) is 6.07 Å². The third-order valence-corrected chi connectivity index (χ3v) is 3.59. The van der Waals surface area contributed by atoms with Crippen molar-refractivity contribution in [3.63, 3.8) is 0 Å². The van der Waals surface area contributed by atoms with Crippen LogP contribution in [-0.4, -0.2) is 39.5 Å². The zero-order chi connectivity index (χ0) is 10.1. The minimum absolute atomic E-state index is 0.929. The Morgan fingerprint density at radius 1 is 1.27 bits per heavy atom. The number of aromatic amines is 1. The lowest BCUT2D eigenvalue weighted by Crippen LogP contribution is -2.33. The van der Waals surface area contributed by atoms with E-state index in [1.165, 1.54) is 11.5 Å². The van der Waals surface area contributed by atoms with Gasteiger partial charge < -0.3 is 9.88 Å². The molecule has 0 atom stereocenters. The quantitative estimate of drug-likeness (QED) is 0.791. The van der Waals surface area contributed by atoms with Gasteiger partial charge in [-0.3, -0.25) is 0 Å². The first kappa shape index (κ1) is 9.03. The number of rotatable bonds is 1. The van der Waals surface area contributed by atoms with Crippen LogP contribution in [0.25, 0.3) is 11.0 Å². The second-order valence-electron chi connectivity index (χ2n) is 3.54. The number of hydrogen-bond acceptors (Lipinski definition) is 4. The lowest BCUT2D eigenvalue weighted by Gasteiger charge is -2.27. The number of anilines is 1. The molecular formula is C10H12N4S. The van der Waals surface area contributed by atoms with Crippen molar-refractivity contribution in [3.8, 4) is 0 Å². The van der Waals surface area contributed by atoms with E-state index in [2.05, 4.69) is 19.9 Å². The molecule has 4 nitrogen and oxygen atoms in total. The SMILES string of the molecule is c1nc(N2CCSCC2)c2cc[nH]c2n1. The number of H-pyrrole nitrogens is 1. The first-order valence-electron chi connectivity index (χ1n) is 5.06. The van der Waals surface area contributed by atoms with E-state index >= 15 is 0 Å². The summed E-state index contributed by atoms with van der Waals surface area (Å²) in [6, 6.07) is 2.05. The van der Waals surface area contributed by atoms with Crippen molar-refractivity contribution in [2.45, 2.75) is 0 Å². The van der Waals surface area contributed by atoms with E-state index in [1.54, 1.807) is 6.33 Å². The van der Waals surface area contributed by atoms with Crippen LogP contribution in [0.2, 0.25) is 0 Å². The van der Waals surface area contributed by atoms with Crippen molar-refractivity contribution >= 4 is 28.6 Å². The Labute approximate surface area is 92.1 Å². The largest absolute Gasteiger partial charge is 0.354 e. The molecule has 0 radical (unpaired) electrons. The summed E-state index contributed by atoms with van der Waals surface area (Å²) in [5, 5.41) is 1.13. The van der Waals surface area contributed by atoms with Gasteiger partial charge >= 0.3 is 0 Å². The van der Waals surface area contributed by atoms with Gasteiger partial charge in [-0.25, -0.2) is 9.97 Å². The molecular weight excluding hydrogens is 208 g/mol. The van der Waals surface area contributed by atoms with Crippen LogP contribution < -0.4 is 4.90 Å². The number of nitrogens with one attached hydrogen (secondary N) is 1. The van der Waals surface area contributed by atoms with Crippen molar-refractivity contribution in [1.82, 2.24) is 15.0 Å². The van der Waals surface area contributed by atoms with Crippen molar-refractivity contribution < 1.29 is 0 Å². The van der Waals surface area contributed by atoms with Gasteiger partial charge in [0.25, 0.3) is 0 Å². The van der Waals surface area contributed by atoms with Crippen LogP contribution >= 0.6 is 11.8 Å². The fraction of sp³-hybridized carbons (Fsp3) is 0.400. The molecule has 3 heterocycles. The molecule has 1 aliphatic rings. The highest BCUT2D eigenvalue weighted by Crippen LogP contribution is 2.24. The normalized spacial score (nSPS) is 17.2. The smallest absolute Gasteiger partial charge is 0.142 e. The average Bonchev–Trinajstić information content (AvgIpc) is 2.78. The lowest BCUT2D eigenvalue weighted by molar-refractivity contribution is 0.842. The molecule has 1 saturated heterocycles. The predicted molar refractivity (Wildman–Crippen MR) is 63.4 cm³/mol. The van der Waals surface area contributed by atoms with Crippen LogP contribution in [0.1, 0.15) is 0 Å². The molecule has 3 rings (SSSR count). The molecule has 78 valence electrons. The summed E-state index contributed by atoms with van der Waals surface area (Å²) in [4.78, 5) is 14.0. The highest BCUT2D eigenvalue weighted by Gasteiger charge is 2.15. The molecule has 15 heavy (non-hydrogen) atoms. The van der Waals surface area contributed by atoms with Gasteiger partial charge in [-0.15, -0.1) is 0 Å². The molecule has 0 unspecified atom stereocenters. The second-order valence-corrected chi connectivity index (χ2v) is 4.76. The summed E-state index contributed by atoms with van der Waals surface area (Å²) in [7, 11) is 0. The molecule has 0 spiro atoms. The minimum Gasteiger partial charge on any atom is -0.354 e. The number of thioether (sulfide) groups is 1. The number of fused-ring (bicyclic) bond motifs is 1. The molecule has 0 amide bonds. The molecule has 0 saturated carbocycles. The first-order chi connectivity index (χ1) is 7.45. The van der Waals surface area contributed by atoms with Crippen LogP contribution in [-0.2, 0) is 0 Å². The molecule has 0 bridgehead atoms. The Morgan fingerprint density at radius 3 is 3.00 bits per heavy atom. The topological polar surface area (TPSA) is 44.8 Å². The van der Waals surface area contributed by atoms with Crippen LogP contribution in [0.5, 0.6) is 0 Å². The monoisotopic (exact) mass is 220 g/mol. The number of hydrogen-bond donors (Lipinski definition) is 1. The molecule has 0 aromatic carbocycles. The molecule has 1 aliphatic heterocycles. The third-order valence-electron chi connectivity index (χ3n) is 2.64. The maximum Gasteiger partial charge on any atom is 0.142 e. The summed E-state index contributed by atoms with van der Waals surface area (Å²) in [6.07, 6.45) is 3.55. The Hall–Kier alpha value is -1.23. The van der Waals surface area contributed by atoms with Crippen LogP contribution in [0.15, 0.2) is 18.6 Å². The van der Waals surface area contributed by atoms with Crippen LogP contribution in [0.4, 0.5) is 5.82 Å². The van der Waals surface area contributed by atoms with E-state index in [0.717, 1.165) is 29.9 Å². The van der Waals surface area contributed by atoms with Crippen molar-refractivity contribution in [2.24, 2.45) is 0 Å². The van der Waals surface area contributed by atoms with Gasteiger partial charge in [0.15, 0.2) is 0 Å². The standard InChI is InChI=1S/C10H12N4S/c1-2-11-9-8(1)10(13-7-12-9)14-3-5-15-6-4-14/h1-2,7H,3-6H2,(H,11,12,13). The molecule has 2 aromatic heterocycles. The summed E-state index contributed by atoms with van der Waals surface area (Å²) in [5.41, 5.74) is 0.929. The van der Waals surface area contributed by atoms with E-state index in [0.29, 0.717) is 0 Å². The Kier molecular flexibility index (Phi) is 2.25. The molecule has 1 N–H and O–H groups in total. The summed E-state index contributed by atoms with van der Waals surface area (Å²) in [5.74, 6) is 3.45. The fourth-order valence-corrected chi connectivity index (χ4v) is 2.79. The van der Waals surface area contributed by atoms with Gasteiger partial charge in [0.1, 0.15) is 17.8 Å². The zero-order valence-electron chi connectivity index (χ0n) is 8.31. The van der Waals surface area contributed by atoms with E-state index in [1.807, 2.05) is 24.0 Å². The molecule has 0 aliphatic carbocycles. The lowest BCUT2D eigenvalue weighted by atomic mass is 10.3. The first-order valence-corrected chi connectivity index (χ1v) is 6.21. The summed E-state index contributed by atoms with van der Waals surface area (Å²) >= 11 is 2.01. The molecule has 2 aromatic rings. The van der Waals surface area contributed by atoms with Crippen molar-refractivity contribution in [3.05, 3.63) is 18.6 Å². The number of nitrogens with zero attached hydrogens (tertiary/aromatic N) is 3. The van der Waals surface area contributed by atoms with Gasteiger partial charge in [-0.1, -0.05) is 0 Å².